The lowest BCUT2D eigenvalue weighted by atomic mass is 10.1. The van der Waals surface area contributed by atoms with Crippen LogP contribution in [-0.4, -0.2) is 36.3 Å². The van der Waals surface area contributed by atoms with Crippen molar-refractivity contribution in [3.8, 4) is 34.2 Å². The van der Waals surface area contributed by atoms with Gasteiger partial charge in [0.2, 0.25) is 0 Å². The second-order valence-electron chi connectivity index (χ2n) is 5.86. The fourth-order valence-electron chi connectivity index (χ4n) is 2.94. The zero-order valence-corrected chi connectivity index (χ0v) is 15.5. The summed E-state index contributed by atoms with van der Waals surface area (Å²) in [5, 5.41) is 8.35. The van der Waals surface area contributed by atoms with Gasteiger partial charge in [0, 0.05) is 17.7 Å². The van der Waals surface area contributed by atoms with E-state index in [9.17, 15) is 0 Å². The largest absolute Gasteiger partial charge is 0.497 e. The Bertz CT molecular complexity index is 873. The Kier molecular flexibility index (Phi) is 5.41. The molecule has 0 fully saturated rings. The molecule has 1 aromatic heterocycles. The van der Waals surface area contributed by atoms with E-state index in [0.29, 0.717) is 22.9 Å². The Morgan fingerprint density at radius 1 is 0.962 bits per heavy atom. The minimum absolute atomic E-state index is 0.571. The van der Waals surface area contributed by atoms with Gasteiger partial charge >= 0.3 is 0 Å². The van der Waals surface area contributed by atoms with Crippen LogP contribution in [0.2, 0.25) is 0 Å². The zero-order valence-electron chi connectivity index (χ0n) is 15.5. The monoisotopic (exact) mass is 353 g/mol. The van der Waals surface area contributed by atoms with Crippen LogP contribution in [0.5, 0.6) is 17.2 Å². The highest BCUT2D eigenvalue weighted by molar-refractivity contribution is 5.66. The van der Waals surface area contributed by atoms with E-state index in [2.05, 4.69) is 41.5 Å². The summed E-state index contributed by atoms with van der Waals surface area (Å²) < 4.78 is 18.1. The van der Waals surface area contributed by atoms with Crippen LogP contribution in [0.1, 0.15) is 18.9 Å². The first kappa shape index (κ1) is 17.8. The maximum absolute atomic E-state index is 5.56. The van der Waals surface area contributed by atoms with E-state index in [1.54, 1.807) is 38.3 Å². The Morgan fingerprint density at radius 3 is 2.35 bits per heavy atom. The van der Waals surface area contributed by atoms with E-state index >= 15 is 0 Å². The molecule has 0 amide bonds. The highest BCUT2D eigenvalue weighted by atomic mass is 16.5. The molecule has 0 saturated heterocycles. The number of methoxy groups -OCH3 is 3. The highest BCUT2D eigenvalue weighted by Gasteiger charge is 2.18. The minimum atomic E-state index is 0.571. The molecule has 6 heteroatoms. The SMILES string of the molecule is CCCc1ccc(-c2cnnn2-c2cc(OC)cc(OC)c2OC)cc1. The molecule has 3 rings (SSSR count). The first-order valence-electron chi connectivity index (χ1n) is 8.52. The van der Waals surface area contributed by atoms with Crippen molar-refractivity contribution in [3.05, 3.63) is 48.2 Å². The molecule has 0 unspecified atom stereocenters. The summed E-state index contributed by atoms with van der Waals surface area (Å²) in [6, 6.07) is 12.1. The van der Waals surface area contributed by atoms with Crippen LogP contribution < -0.4 is 14.2 Å². The number of ether oxygens (including phenoxy) is 3. The zero-order chi connectivity index (χ0) is 18.5. The van der Waals surface area contributed by atoms with Gasteiger partial charge in [-0.25, -0.2) is 4.68 Å². The molecule has 0 aliphatic carbocycles. The quantitative estimate of drug-likeness (QED) is 0.644. The molecule has 0 atom stereocenters. The molecule has 0 N–H and O–H groups in total. The predicted octanol–water partition coefficient (Wildman–Crippen LogP) is 3.91. The molecule has 1 heterocycles. The summed E-state index contributed by atoms with van der Waals surface area (Å²) in [6.07, 6.45) is 3.93. The summed E-state index contributed by atoms with van der Waals surface area (Å²) in [5.74, 6) is 1.79. The average molecular weight is 353 g/mol. The van der Waals surface area contributed by atoms with Gasteiger partial charge in [-0.2, -0.15) is 0 Å². The predicted molar refractivity (Wildman–Crippen MR) is 100 cm³/mol. The van der Waals surface area contributed by atoms with Crippen molar-refractivity contribution < 1.29 is 14.2 Å². The van der Waals surface area contributed by atoms with Crippen molar-refractivity contribution in [3.63, 3.8) is 0 Å². The fourth-order valence-corrected chi connectivity index (χ4v) is 2.94. The van der Waals surface area contributed by atoms with Gasteiger partial charge in [0.1, 0.15) is 11.4 Å². The topological polar surface area (TPSA) is 58.4 Å². The van der Waals surface area contributed by atoms with Crippen LogP contribution >= 0.6 is 0 Å². The van der Waals surface area contributed by atoms with E-state index < -0.39 is 0 Å². The fraction of sp³-hybridized carbons (Fsp3) is 0.300. The highest BCUT2D eigenvalue weighted by Crippen LogP contribution is 2.39. The van der Waals surface area contributed by atoms with Gasteiger partial charge in [0.15, 0.2) is 11.5 Å². The second-order valence-corrected chi connectivity index (χ2v) is 5.86. The lowest BCUT2D eigenvalue weighted by molar-refractivity contribution is 0.347. The van der Waals surface area contributed by atoms with Crippen LogP contribution in [0, 0.1) is 0 Å². The van der Waals surface area contributed by atoms with Gasteiger partial charge < -0.3 is 14.2 Å². The van der Waals surface area contributed by atoms with Crippen molar-refractivity contribution in [2.45, 2.75) is 19.8 Å². The lowest BCUT2D eigenvalue weighted by Gasteiger charge is -2.16. The number of aromatic nitrogens is 3. The molecule has 6 nitrogen and oxygen atoms in total. The van der Waals surface area contributed by atoms with Crippen molar-refractivity contribution in [1.29, 1.82) is 0 Å². The van der Waals surface area contributed by atoms with Crippen molar-refractivity contribution in [2.24, 2.45) is 0 Å². The second kappa shape index (κ2) is 7.91. The molecule has 2 aromatic carbocycles. The molecule has 26 heavy (non-hydrogen) atoms. The molecular formula is C20H23N3O3. The van der Waals surface area contributed by atoms with Crippen molar-refractivity contribution in [1.82, 2.24) is 15.0 Å². The number of rotatable bonds is 7. The Labute approximate surface area is 153 Å². The standard InChI is InChI=1S/C20H23N3O3/c1-5-6-14-7-9-15(10-8-14)18-13-21-22-23(18)17-11-16(24-2)12-19(25-3)20(17)26-4/h7-13H,5-6H2,1-4H3. The Balaban J connectivity index is 2.11. The molecule has 3 aromatic rings. The van der Waals surface area contributed by atoms with Crippen LogP contribution in [-0.2, 0) is 6.42 Å². The third-order valence-corrected chi connectivity index (χ3v) is 4.23. The maximum Gasteiger partial charge on any atom is 0.186 e. The Hall–Kier alpha value is -3.02. The molecule has 0 aliphatic rings. The number of benzene rings is 2. The van der Waals surface area contributed by atoms with Gasteiger partial charge in [-0.05, 0) is 12.0 Å². The normalized spacial score (nSPS) is 10.6. The van der Waals surface area contributed by atoms with Crippen LogP contribution in [0.4, 0.5) is 0 Å². The molecular weight excluding hydrogens is 330 g/mol. The third kappa shape index (κ3) is 3.35. The maximum atomic E-state index is 5.56. The first-order valence-corrected chi connectivity index (χ1v) is 8.52. The van der Waals surface area contributed by atoms with Gasteiger partial charge in [-0.3, -0.25) is 0 Å². The molecule has 0 aliphatic heterocycles. The van der Waals surface area contributed by atoms with Gasteiger partial charge in [-0.15, -0.1) is 5.10 Å². The summed E-state index contributed by atoms with van der Waals surface area (Å²) in [6.45, 7) is 2.18. The van der Waals surface area contributed by atoms with E-state index in [4.69, 9.17) is 14.2 Å². The summed E-state index contributed by atoms with van der Waals surface area (Å²) in [4.78, 5) is 0. The van der Waals surface area contributed by atoms with Crippen molar-refractivity contribution >= 4 is 0 Å². The van der Waals surface area contributed by atoms with Gasteiger partial charge in [0.05, 0.1) is 33.2 Å². The summed E-state index contributed by atoms with van der Waals surface area (Å²) >= 11 is 0. The minimum Gasteiger partial charge on any atom is -0.497 e. The van der Waals surface area contributed by atoms with Crippen molar-refractivity contribution in [2.75, 3.05) is 21.3 Å². The first-order chi connectivity index (χ1) is 12.7. The summed E-state index contributed by atoms with van der Waals surface area (Å²) in [5.41, 5.74) is 3.91. The smallest absolute Gasteiger partial charge is 0.186 e. The number of hydrogen-bond donors (Lipinski definition) is 0. The molecule has 0 saturated carbocycles. The van der Waals surface area contributed by atoms with Crippen LogP contribution in [0.3, 0.4) is 0 Å². The number of nitrogens with zero attached hydrogens (tertiary/aromatic N) is 3. The summed E-state index contributed by atoms with van der Waals surface area (Å²) in [7, 11) is 4.81. The van der Waals surface area contributed by atoms with E-state index in [0.717, 1.165) is 24.1 Å². The lowest BCUT2D eigenvalue weighted by Crippen LogP contribution is -2.04. The molecule has 0 radical (unpaired) electrons. The van der Waals surface area contributed by atoms with Gasteiger partial charge in [-0.1, -0.05) is 42.8 Å². The van der Waals surface area contributed by atoms with E-state index in [-0.39, 0.29) is 0 Å². The average Bonchev–Trinajstić information content (AvgIpc) is 3.17. The molecule has 136 valence electrons. The Morgan fingerprint density at radius 2 is 1.73 bits per heavy atom. The molecule has 0 bridgehead atoms. The van der Waals surface area contributed by atoms with E-state index in [1.165, 1.54) is 5.56 Å². The molecule has 0 spiro atoms. The number of aryl methyl sites for hydroxylation is 1. The number of hydrogen-bond acceptors (Lipinski definition) is 5. The van der Waals surface area contributed by atoms with Gasteiger partial charge in [0.25, 0.3) is 0 Å². The van der Waals surface area contributed by atoms with Crippen LogP contribution in [0.15, 0.2) is 42.6 Å². The van der Waals surface area contributed by atoms with E-state index in [1.807, 2.05) is 6.07 Å². The third-order valence-electron chi connectivity index (χ3n) is 4.23. The van der Waals surface area contributed by atoms with Crippen LogP contribution in [0.25, 0.3) is 16.9 Å².